The van der Waals surface area contributed by atoms with Crippen LogP contribution in [0.5, 0.6) is 5.75 Å². The maximum absolute atomic E-state index is 11.9. The van der Waals surface area contributed by atoms with Crippen LogP contribution in [-0.2, 0) is 17.8 Å². The van der Waals surface area contributed by atoms with Crippen molar-refractivity contribution in [1.82, 2.24) is 14.9 Å². The average molecular weight is 288 g/mol. The summed E-state index contributed by atoms with van der Waals surface area (Å²) < 4.78 is 1.96. The lowest BCUT2D eigenvalue weighted by Gasteiger charge is -2.12. The molecule has 0 aliphatic rings. The molecule has 0 spiro atoms. The van der Waals surface area contributed by atoms with Gasteiger partial charge in [-0.1, -0.05) is 12.1 Å². The third kappa shape index (κ3) is 4.92. The fraction of sp³-hybridized carbons (Fsp3) is 0.333. The number of carbonyl (C=O) groups excluding carboxylic acids is 1. The first-order valence-corrected chi connectivity index (χ1v) is 6.92. The highest BCUT2D eigenvalue weighted by molar-refractivity contribution is 5.81. The minimum atomic E-state index is -0.581. The number of aromatic nitrogens is 2. The monoisotopic (exact) mass is 288 g/mol. The molecule has 21 heavy (non-hydrogen) atoms. The third-order valence-corrected chi connectivity index (χ3v) is 3.18. The Morgan fingerprint density at radius 1 is 1.38 bits per heavy atom. The number of aryl methyl sites for hydroxylation is 1. The average Bonchev–Trinajstić information content (AvgIpc) is 2.99. The molecule has 1 heterocycles. The number of amides is 1. The lowest BCUT2D eigenvalue weighted by molar-refractivity contribution is -0.122. The van der Waals surface area contributed by atoms with Crippen molar-refractivity contribution in [3.63, 3.8) is 0 Å². The van der Waals surface area contributed by atoms with Crippen molar-refractivity contribution in [3.05, 3.63) is 48.5 Å². The SMILES string of the molecule is N[C@H](Cc1ccc(O)cc1)C(=O)NCCCn1ccnc1. The van der Waals surface area contributed by atoms with E-state index in [1.165, 1.54) is 0 Å². The van der Waals surface area contributed by atoms with E-state index in [0.717, 1.165) is 18.5 Å². The molecule has 0 aliphatic carbocycles. The molecule has 1 aromatic heterocycles. The van der Waals surface area contributed by atoms with E-state index in [9.17, 15) is 9.90 Å². The van der Waals surface area contributed by atoms with E-state index in [1.54, 1.807) is 36.8 Å². The Labute approximate surface area is 123 Å². The number of nitrogens with two attached hydrogens (primary N) is 1. The van der Waals surface area contributed by atoms with E-state index in [2.05, 4.69) is 10.3 Å². The van der Waals surface area contributed by atoms with Crippen LogP contribution in [0.15, 0.2) is 43.0 Å². The predicted molar refractivity (Wildman–Crippen MR) is 79.6 cm³/mol. The molecule has 4 N–H and O–H groups in total. The summed E-state index contributed by atoms with van der Waals surface area (Å²) in [6.45, 7) is 1.40. The van der Waals surface area contributed by atoms with Gasteiger partial charge in [0, 0.05) is 25.5 Å². The van der Waals surface area contributed by atoms with Gasteiger partial charge in [0.2, 0.25) is 5.91 Å². The molecule has 1 aromatic carbocycles. The Kier molecular flexibility index (Phi) is 5.34. The van der Waals surface area contributed by atoms with Crippen LogP contribution < -0.4 is 11.1 Å². The van der Waals surface area contributed by atoms with Crippen LogP contribution in [0.2, 0.25) is 0 Å². The Morgan fingerprint density at radius 2 is 2.14 bits per heavy atom. The van der Waals surface area contributed by atoms with Gasteiger partial charge in [-0.15, -0.1) is 0 Å². The van der Waals surface area contributed by atoms with E-state index in [4.69, 9.17) is 5.73 Å². The van der Waals surface area contributed by atoms with Gasteiger partial charge < -0.3 is 20.7 Å². The third-order valence-electron chi connectivity index (χ3n) is 3.18. The Morgan fingerprint density at radius 3 is 2.81 bits per heavy atom. The smallest absolute Gasteiger partial charge is 0.237 e. The van der Waals surface area contributed by atoms with Gasteiger partial charge >= 0.3 is 0 Å². The molecule has 0 bridgehead atoms. The van der Waals surface area contributed by atoms with Gasteiger partial charge in [0.1, 0.15) is 5.75 Å². The first kappa shape index (κ1) is 15.1. The van der Waals surface area contributed by atoms with Crippen LogP contribution in [0.1, 0.15) is 12.0 Å². The number of imidazole rings is 1. The van der Waals surface area contributed by atoms with E-state index in [-0.39, 0.29) is 11.7 Å². The number of aromatic hydroxyl groups is 1. The van der Waals surface area contributed by atoms with Crippen LogP contribution in [0.25, 0.3) is 0 Å². The normalized spacial score (nSPS) is 12.0. The molecule has 2 rings (SSSR count). The first-order chi connectivity index (χ1) is 10.1. The van der Waals surface area contributed by atoms with E-state index < -0.39 is 6.04 Å². The Balaban J connectivity index is 1.68. The molecule has 1 atom stereocenters. The summed E-state index contributed by atoms with van der Waals surface area (Å²) in [5, 5.41) is 12.0. The molecule has 1 amide bonds. The molecular formula is C15H20N4O2. The summed E-state index contributed by atoms with van der Waals surface area (Å²) in [5.74, 6) is 0.0463. The maximum atomic E-state index is 11.9. The number of benzene rings is 1. The zero-order valence-electron chi connectivity index (χ0n) is 11.8. The summed E-state index contributed by atoms with van der Waals surface area (Å²) in [6.07, 6.45) is 6.64. The van der Waals surface area contributed by atoms with Crippen LogP contribution in [0.3, 0.4) is 0 Å². The van der Waals surface area contributed by atoms with Crippen molar-refractivity contribution < 1.29 is 9.90 Å². The molecule has 6 heteroatoms. The molecular weight excluding hydrogens is 268 g/mol. The Hall–Kier alpha value is -2.34. The minimum Gasteiger partial charge on any atom is -0.508 e. The van der Waals surface area contributed by atoms with Crippen molar-refractivity contribution in [2.45, 2.75) is 25.4 Å². The Bertz CT molecular complexity index is 552. The highest BCUT2D eigenvalue weighted by atomic mass is 16.3. The molecule has 0 unspecified atom stereocenters. The zero-order chi connectivity index (χ0) is 15.1. The number of rotatable bonds is 7. The molecule has 6 nitrogen and oxygen atoms in total. The second kappa shape index (κ2) is 7.44. The maximum Gasteiger partial charge on any atom is 0.237 e. The van der Waals surface area contributed by atoms with Crippen molar-refractivity contribution >= 4 is 5.91 Å². The van der Waals surface area contributed by atoms with Gasteiger partial charge in [0.05, 0.1) is 12.4 Å². The molecule has 2 aromatic rings. The van der Waals surface area contributed by atoms with Crippen LogP contribution in [0, 0.1) is 0 Å². The van der Waals surface area contributed by atoms with Crippen LogP contribution in [0.4, 0.5) is 0 Å². The largest absolute Gasteiger partial charge is 0.508 e. The summed E-state index contributed by atoms with van der Waals surface area (Å²) in [7, 11) is 0. The highest BCUT2D eigenvalue weighted by Crippen LogP contribution is 2.10. The van der Waals surface area contributed by atoms with E-state index >= 15 is 0 Å². The molecule has 0 saturated carbocycles. The standard InChI is InChI=1S/C15H20N4O2/c16-14(10-12-2-4-13(20)5-3-12)15(21)18-6-1-8-19-9-7-17-11-19/h2-5,7,9,11,14,20H,1,6,8,10,16H2,(H,18,21)/t14-/m1/s1. The molecule has 0 fully saturated rings. The molecule has 0 radical (unpaired) electrons. The fourth-order valence-corrected chi connectivity index (χ4v) is 2.00. The van der Waals surface area contributed by atoms with Gasteiger partial charge in [0.15, 0.2) is 0 Å². The second-order valence-electron chi connectivity index (χ2n) is 4.92. The molecule has 0 aliphatic heterocycles. The number of phenolic OH excluding ortho intramolecular Hbond substituents is 1. The number of carbonyl (C=O) groups is 1. The summed E-state index contributed by atoms with van der Waals surface area (Å²) in [5.41, 5.74) is 6.80. The topological polar surface area (TPSA) is 93.2 Å². The molecule has 0 saturated heterocycles. The van der Waals surface area contributed by atoms with Gasteiger partial charge in [-0.05, 0) is 30.5 Å². The number of phenols is 1. The van der Waals surface area contributed by atoms with E-state index in [1.807, 2.05) is 10.8 Å². The van der Waals surface area contributed by atoms with Crippen LogP contribution in [-0.4, -0.2) is 33.2 Å². The molecule has 112 valence electrons. The number of nitrogens with zero attached hydrogens (tertiary/aromatic N) is 2. The minimum absolute atomic E-state index is 0.159. The van der Waals surface area contributed by atoms with Crippen LogP contribution >= 0.6 is 0 Å². The van der Waals surface area contributed by atoms with Gasteiger partial charge in [-0.25, -0.2) is 4.98 Å². The second-order valence-corrected chi connectivity index (χ2v) is 4.92. The van der Waals surface area contributed by atoms with Crippen molar-refractivity contribution in [1.29, 1.82) is 0 Å². The van der Waals surface area contributed by atoms with Crippen molar-refractivity contribution in [2.24, 2.45) is 5.73 Å². The number of nitrogens with one attached hydrogen (secondary N) is 1. The zero-order valence-corrected chi connectivity index (χ0v) is 11.8. The predicted octanol–water partition coefficient (Wildman–Crippen LogP) is 0.665. The lowest BCUT2D eigenvalue weighted by Crippen LogP contribution is -2.42. The quantitative estimate of drug-likeness (QED) is 0.653. The summed E-state index contributed by atoms with van der Waals surface area (Å²) >= 11 is 0. The highest BCUT2D eigenvalue weighted by Gasteiger charge is 2.13. The van der Waals surface area contributed by atoms with Crippen molar-refractivity contribution in [2.75, 3.05) is 6.54 Å². The summed E-state index contributed by atoms with van der Waals surface area (Å²) in [6, 6.07) is 6.13. The van der Waals surface area contributed by atoms with Gasteiger partial charge in [-0.3, -0.25) is 4.79 Å². The first-order valence-electron chi connectivity index (χ1n) is 6.92. The summed E-state index contributed by atoms with van der Waals surface area (Å²) in [4.78, 5) is 15.8. The number of hydrogen-bond acceptors (Lipinski definition) is 4. The lowest BCUT2D eigenvalue weighted by atomic mass is 10.1. The van der Waals surface area contributed by atoms with Gasteiger partial charge in [-0.2, -0.15) is 0 Å². The van der Waals surface area contributed by atoms with Gasteiger partial charge in [0.25, 0.3) is 0 Å². The fourth-order valence-electron chi connectivity index (χ4n) is 2.00. The number of hydrogen-bond donors (Lipinski definition) is 3. The van der Waals surface area contributed by atoms with Crippen molar-refractivity contribution in [3.8, 4) is 5.75 Å². The van der Waals surface area contributed by atoms with E-state index in [0.29, 0.717) is 13.0 Å².